The summed E-state index contributed by atoms with van der Waals surface area (Å²) in [6.07, 6.45) is 2.06. The molecule has 22 heavy (non-hydrogen) atoms. The summed E-state index contributed by atoms with van der Waals surface area (Å²) in [5.41, 5.74) is 2.00. The van der Waals surface area contributed by atoms with Crippen molar-refractivity contribution >= 4 is 57.7 Å². The predicted octanol–water partition coefficient (Wildman–Crippen LogP) is 4.32. The Balaban J connectivity index is 1.66. The number of thiazole rings is 1. The first-order valence-electron chi connectivity index (χ1n) is 6.86. The van der Waals surface area contributed by atoms with Crippen LogP contribution in [0.2, 0.25) is 0 Å². The summed E-state index contributed by atoms with van der Waals surface area (Å²) in [7, 11) is 0. The molecule has 1 aliphatic rings. The lowest BCUT2D eigenvalue weighted by molar-refractivity contribution is -0.115. The normalized spacial score (nSPS) is 18.1. The Bertz CT molecular complexity index is 635. The largest absolute Gasteiger partial charge is 0.301 e. The average Bonchev–Trinajstić information content (AvgIpc) is 3.04. The van der Waals surface area contributed by atoms with Crippen molar-refractivity contribution in [2.45, 2.75) is 10.1 Å². The molecule has 3 rings (SSSR count). The van der Waals surface area contributed by atoms with Gasteiger partial charge in [0.25, 0.3) is 0 Å². The molecule has 0 saturated carbocycles. The Hall–Kier alpha value is -0.630. The third-order valence-electron chi connectivity index (χ3n) is 3.23. The standard InChI is InChI=1S/C15H16N2OS4/c1-19-11-4-2-10(3-5-11)12-8-22-15(16-12)17-14(18)13-9-20-6-7-21-13/h2-5,8,13H,6-7,9H2,1H3,(H,16,17,18). The number of amides is 1. The molecule has 1 unspecified atom stereocenters. The molecule has 116 valence electrons. The smallest absolute Gasteiger partial charge is 0.240 e. The molecule has 2 aromatic rings. The number of aromatic nitrogens is 1. The van der Waals surface area contributed by atoms with Gasteiger partial charge in [-0.2, -0.15) is 11.8 Å². The molecule has 1 saturated heterocycles. The van der Waals surface area contributed by atoms with Gasteiger partial charge in [-0.05, 0) is 18.4 Å². The topological polar surface area (TPSA) is 42.0 Å². The summed E-state index contributed by atoms with van der Waals surface area (Å²) >= 11 is 6.79. The van der Waals surface area contributed by atoms with Crippen LogP contribution >= 0.6 is 46.6 Å². The lowest BCUT2D eigenvalue weighted by Gasteiger charge is -2.19. The second-order valence-electron chi connectivity index (χ2n) is 4.69. The van der Waals surface area contributed by atoms with Crippen LogP contribution in [-0.4, -0.2) is 39.7 Å². The first kappa shape index (κ1) is 16.2. The molecule has 1 aromatic heterocycles. The first-order valence-corrected chi connectivity index (χ1v) is 11.2. The number of hydrogen-bond donors (Lipinski definition) is 1. The van der Waals surface area contributed by atoms with Crippen LogP contribution in [0.1, 0.15) is 0 Å². The maximum absolute atomic E-state index is 12.2. The predicted molar refractivity (Wildman–Crippen MR) is 102 cm³/mol. The van der Waals surface area contributed by atoms with E-state index in [9.17, 15) is 4.79 Å². The van der Waals surface area contributed by atoms with E-state index in [-0.39, 0.29) is 11.2 Å². The second-order valence-corrected chi connectivity index (χ2v) is 8.89. The van der Waals surface area contributed by atoms with Crippen LogP contribution in [0.3, 0.4) is 0 Å². The van der Waals surface area contributed by atoms with Crippen LogP contribution in [0.15, 0.2) is 34.5 Å². The van der Waals surface area contributed by atoms with E-state index >= 15 is 0 Å². The minimum Gasteiger partial charge on any atom is -0.301 e. The van der Waals surface area contributed by atoms with E-state index < -0.39 is 0 Å². The van der Waals surface area contributed by atoms with Gasteiger partial charge in [-0.15, -0.1) is 34.9 Å². The van der Waals surface area contributed by atoms with Gasteiger partial charge in [-0.1, -0.05) is 12.1 Å². The van der Waals surface area contributed by atoms with Gasteiger partial charge >= 0.3 is 0 Å². The van der Waals surface area contributed by atoms with Crippen LogP contribution in [0.4, 0.5) is 5.13 Å². The molecule has 1 atom stereocenters. The number of thioether (sulfide) groups is 3. The highest BCUT2D eigenvalue weighted by atomic mass is 32.2. The van der Waals surface area contributed by atoms with Gasteiger partial charge in [0.05, 0.1) is 10.9 Å². The molecule has 2 heterocycles. The fourth-order valence-corrected chi connectivity index (χ4v) is 5.74. The SMILES string of the molecule is CSc1ccc(-c2csc(NC(=O)C3CSCCS3)n2)cc1. The molecule has 1 fully saturated rings. The van der Waals surface area contributed by atoms with Gasteiger partial charge in [-0.3, -0.25) is 4.79 Å². The molecular formula is C15H16N2OS4. The molecule has 1 aliphatic heterocycles. The highest BCUT2D eigenvalue weighted by Gasteiger charge is 2.22. The Morgan fingerprint density at radius 1 is 1.32 bits per heavy atom. The third kappa shape index (κ3) is 4.01. The summed E-state index contributed by atoms with van der Waals surface area (Å²) in [5.74, 6) is 3.16. The molecule has 0 bridgehead atoms. The zero-order valence-corrected chi connectivity index (χ0v) is 15.3. The van der Waals surface area contributed by atoms with Gasteiger partial charge in [0.15, 0.2) is 5.13 Å². The zero-order valence-electron chi connectivity index (χ0n) is 12.1. The Kier molecular flexibility index (Phi) is 5.73. The number of nitrogens with one attached hydrogen (secondary N) is 1. The van der Waals surface area contributed by atoms with E-state index in [2.05, 4.69) is 40.8 Å². The van der Waals surface area contributed by atoms with Crippen molar-refractivity contribution in [3.05, 3.63) is 29.6 Å². The number of nitrogens with zero attached hydrogens (tertiary/aromatic N) is 1. The minimum atomic E-state index is 0.0481. The van der Waals surface area contributed by atoms with Crippen molar-refractivity contribution in [3.8, 4) is 11.3 Å². The van der Waals surface area contributed by atoms with Crippen LogP contribution < -0.4 is 5.32 Å². The van der Waals surface area contributed by atoms with E-state index in [1.54, 1.807) is 23.5 Å². The van der Waals surface area contributed by atoms with E-state index in [0.29, 0.717) is 5.13 Å². The fraction of sp³-hybridized carbons (Fsp3) is 0.333. The van der Waals surface area contributed by atoms with Gasteiger partial charge in [0, 0.05) is 33.1 Å². The van der Waals surface area contributed by atoms with Crippen molar-refractivity contribution in [2.75, 3.05) is 28.8 Å². The maximum Gasteiger partial charge on any atom is 0.240 e. The molecule has 7 heteroatoms. The van der Waals surface area contributed by atoms with Crippen LogP contribution in [0.5, 0.6) is 0 Å². The third-order valence-corrected chi connectivity index (χ3v) is 7.48. The molecule has 1 N–H and O–H groups in total. The monoisotopic (exact) mass is 368 g/mol. The van der Waals surface area contributed by atoms with E-state index in [0.717, 1.165) is 28.5 Å². The number of benzene rings is 1. The summed E-state index contributed by atoms with van der Waals surface area (Å²) in [4.78, 5) is 18.0. The minimum absolute atomic E-state index is 0.0481. The highest BCUT2D eigenvalue weighted by molar-refractivity contribution is 8.07. The van der Waals surface area contributed by atoms with Gasteiger partial charge in [0.2, 0.25) is 5.91 Å². The molecule has 1 aromatic carbocycles. The Morgan fingerprint density at radius 2 is 2.14 bits per heavy atom. The average molecular weight is 369 g/mol. The van der Waals surface area contributed by atoms with Crippen LogP contribution in [0, 0.1) is 0 Å². The molecule has 1 amide bonds. The van der Waals surface area contributed by atoms with E-state index in [1.165, 1.54) is 16.2 Å². The van der Waals surface area contributed by atoms with Crippen LogP contribution in [-0.2, 0) is 4.79 Å². The zero-order chi connectivity index (χ0) is 15.4. The van der Waals surface area contributed by atoms with Crippen molar-refractivity contribution in [2.24, 2.45) is 0 Å². The summed E-state index contributed by atoms with van der Waals surface area (Å²) in [6, 6.07) is 8.32. The lowest BCUT2D eigenvalue weighted by Crippen LogP contribution is -2.30. The van der Waals surface area contributed by atoms with Crippen molar-refractivity contribution < 1.29 is 4.79 Å². The first-order chi connectivity index (χ1) is 10.8. The summed E-state index contributed by atoms with van der Waals surface area (Å²) in [5, 5.41) is 5.68. The van der Waals surface area contributed by atoms with Crippen molar-refractivity contribution in [1.82, 2.24) is 4.98 Å². The maximum atomic E-state index is 12.2. The fourth-order valence-electron chi connectivity index (χ4n) is 2.05. The quantitative estimate of drug-likeness (QED) is 0.814. The number of hydrogen-bond acceptors (Lipinski definition) is 6. The molecular weight excluding hydrogens is 352 g/mol. The lowest BCUT2D eigenvalue weighted by atomic mass is 10.2. The number of carbonyl (C=O) groups is 1. The number of rotatable bonds is 4. The second kappa shape index (κ2) is 7.77. The van der Waals surface area contributed by atoms with Gasteiger partial charge < -0.3 is 5.32 Å². The molecule has 0 aliphatic carbocycles. The summed E-state index contributed by atoms with van der Waals surface area (Å²) < 4.78 is 0. The van der Waals surface area contributed by atoms with Gasteiger partial charge in [0.1, 0.15) is 0 Å². The number of anilines is 1. The highest BCUT2D eigenvalue weighted by Crippen LogP contribution is 2.28. The molecule has 0 spiro atoms. The Labute approximate surface area is 147 Å². The summed E-state index contributed by atoms with van der Waals surface area (Å²) in [6.45, 7) is 0. The van der Waals surface area contributed by atoms with E-state index in [4.69, 9.17) is 0 Å². The Morgan fingerprint density at radius 3 is 2.82 bits per heavy atom. The van der Waals surface area contributed by atoms with Crippen molar-refractivity contribution in [1.29, 1.82) is 0 Å². The molecule has 0 radical (unpaired) electrons. The van der Waals surface area contributed by atoms with Crippen molar-refractivity contribution in [3.63, 3.8) is 0 Å². The van der Waals surface area contributed by atoms with Crippen LogP contribution in [0.25, 0.3) is 11.3 Å². The molecule has 3 nitrogen and oxygen atoms in total. The van der Waals surface area contributed by atoms with Gasteiger partial charge in [-0.25, -0.2) is 4.98 Å². The van der Waals surface area contributed by atoms with E-state index in [1.807, 2.05) is 17.1 Å². The number of carbonyl (C=O) groups excluding carboxylic acids is 1.